The number of hydrogen-bond donors (Lipinski definition) is 1. The summed E-state index contributed by atoms with van der Waals surface area (Å²) < 4.78 is 2.07. The standard InChI is InChI=1S/C12H16N4/c1-13-7-5-12-15-11(9-16(12)2)10-4-3-6-14-8-10/h3-4,6,8-9,13H,5,7H2,1-2H3. The third-order valence-corrected chi connectivity index (χ3v) is 2.53. The molecular weight excluding hydrogens is 200 g/mol. The van der Waals surface area contributed by atoms with Gasteiger partial charge < -0.3 is 9.88 Å². The van der Waals surface area contributed by atoms with Gasteiger partial charge in [0.25, 0.3) is 0 Å². The lowest BCUT2D eigenvalue weighted by Gasteiger charge is -1.99. The Hall–Kier alpha value is -1.68. The number of aromatic nitrogens is 3. The van der Waals surface area contributed by atoms with Crippen LogP contribution in [0.25, 0.3) is 11.3 Å². The van der Waals surface area contributed by atoms with Gasteiger partial charge in [-0.2, -0.15) is 0 Å². The van der Waals surface area contributed by atoms with Crippen LogP contribution in [0.4, 0.5) is 0 Å². The number of pyridine rings is 1. The Morgan fingerprint density at radius 3 is 3.00 bits per heavy atom. The molecule has 0 saturated carbocycles. The fourth-order valence-corrected chi connectivity index (χ4v) is 1.63. The quantitative estimate of drug-likeness (QED) is 0.836. The minimum Gasteiger partial charge on any atom is -0.337 e. The fraction of sp³-hybridized carbons (Fsp3) is 0.333. The molecule has 4 nitrogen and oxygen atoms in total. The van der Waals surface area contributed by atoms with E-state index < -0.39 is 0 Å². The maximum atomic E-state index is 4.60. The molecule has 0 aromatic carbocycles. The van der Waals surface area contributed by atoms with Gasteiger partial charge in [0.15, 0.2) is 0 Å². The van der Waals surface area contributed by atoms with Crippen LogP contribution in [0.1, 0.15) is 5.82 Å². The first-order chi connectivity index (χ1) is 7.81. The number of likely N-dealkylation sites (N-methyl/N-ethyl adjacent to an activating group) is 1. The van der Waals surface area contributed by atoms with Crippen LogP contribution in [-0.2, 0) is 13.5 Å². The van der Waals surface area contributed by atoms with E-state index in [4.69, 9.17) is 0 Å². The van der Waals surface area contributed by atoms with Gasteiger partial charge in [-0.15, -0.1) is 0 Å². The van der Waals surface area contributed by atoms with Crippen molar-refractivity contribution in [2.24, 2.45) is 7.05 Å². The van der Waals surface area contributed by atoms with Crippen LogP contribution in [0, 0.1) is 0 Å². The highest BCUT2D eigenvalue weighted by Gasteiger charge is 2.06. The zero-order valence-corrected chi connectivity index (χ0v) is 9.64. The SMILES string of the molecule is CNCCc1nc(-c2cccnc2)cn1C. The molecular formula is C12H16N4. The van der Waals surface area contributed by atoms with Crippen LogP contribution in [0.2, 0.25) is 0 Å². The molecule has 0 spiro atoms. The Balaban J connectivity index is 2.24. The Morgan fingerprint density at radius 1 is 1.44 bits per heavy atom. The van der Waals surface area contributed by atoms with Gasteiger partial charge in [-0.05, 0) is 19.2 Å². The van der Waals surface area contributed by atoms with E-state index in [-0.39, 0.29) is 0 Å². The van der Waals surface area contributed by atoms with Crippen molar-refractivity contribution in [2.45, 2.75) is 6.42 Å². The second-order valence-corrected chi connectivity index (χ2v) is 3.75. The molecule has 84 valence electrons. The van der Waals surface area contributed by atoms with Gasteiger partial charge in [-0.1, -0.05) is 0 Å². The van der Waals surface area contributed by atoms with Crippen molar-refractivity contribution in [3.8, 4) is 11.3 Å². The van der Waals surface area contributed by atoms with Crippen molar-refractivity contribution in [2.75, 3.05) is 13.6 Å². The molecule has 2 aromatic rings. The summed E-state index contributed by atoms with van der Waals surface area (Å²) in [5.74, 6) is 1.09. The van der Waals surface area contributed by atoms with E-state index in [9.17, 15) is 0 Å². The molecule has 0 bridgehead atoms. The van der Waals surface area contributed by atoms with E-state index in [0.717, 1.165) is 30.0 Å². The smallest absolute Gasteiger partial charge is 0.110 e. The van der Waals surface area contributed by atoms with E-state index in [1.54, 1.807) is 6.20 Å². The summed E-state index contributed by atoms with van der Waals surface area (Å²) in [5.41, 5.74) is 2.05. The number of nitrogens with zero attached hydrogens (tertiary/aromatic N) is 3. The van der Waals surface area contributed by atoms with E-state index in [1.807, 2.05) is 38.6 Å². The molecule has 16 heavy (non-hydrogen) atoms. The van der Waals surface area contributed by atoms with Gasteiger partial charge in [-0.25, -0.2) is 4.98 Å². The summed E-state index contributed by atoms with van der Waals surface area (Å²) in [6.45, 7) is 0.942. The van der Waals surface area contributed by atoms with Gasteiger partial charge in [0, 0.05) is 44.2 Å². The second kappa shape index (κ2) is 4.90. The highest BCUT2D eigenvalue weighted by molar-refractivity contribution is 5.56. The van der Waals surface area contributed by atoms with Crippen LogP contribution >= 0.6 is 0 Å². The molecule has 0 radical (unpaired) electrons. The lowest BCUT2D eigenvalue weighted by molar-refractivity contribution is 0.718. The lowest BCUT2D eigenvalue weighted by Crippen LogP contribution is -2.12. The predicted octanol–water partition coefficient (Wildman–Crippen LogP) is 1.24. The first-order valence-electron chi connectivity index (χ1n) is 5.38. The van der Waals surface area contributed by atoms with Crippen molar-refractivity contribution in [1.29, 1.82) is 0 Å². The lowest BCUT2D eigenvalue weighted by atomic mass is 10.2. The molecule has 1 N–H and O–H groups in total. The second-order valence-electron chi connectivity index (χ2n) is 3.75. The highest BCUT2D eigenvalue weighted by atomic mass is 15.0. The molecule has 2 aromatic heterocycles. The van der Waals surface area contributed by atoms with E-state index >= 15 is 0 Å². The number of hydrogen-bond acceptors (Lipinski definition) is 3. The maximum Gasteiger partial charge on any atom is 0.110 e. The molecule has 2 rings (SSSR count). The number of imidazole rings is 1. The van der Waals surface area contributed by atoms with E-state index in [1.165, 1.54) is 0 Å². The molecule has 0 aliphatic heterocycles. The van der Waals surface area contributed by atoms with E-state index in [0.29, 0.717) is 0 Å². The van der Waals surface area contributed by atoms with Crippen LogP contribution < -0.4 is 5.32 Å². The number of nitrogens with one attached hydrogen (secondary N) is 1. The zero-order valence-electron chi connectivity index (χ0n) is 9.64. The molecule has 0 unspecified atom stereocenters. The van der Waals surface area contributed by atoms with Crippen LogP contribution in [-0.4, -0.2) is 28.1 Å². The summed E-state index contributed by atoms with van der Waals surface area (Å²) >= 11 is 0. The third kappa shape index (κ3) is 2.28. The summed E-state index contributed by atoms with van der Waals surface area (Å²) in [6, 6.07) is 3.95. The average Bonchev–Trinajstić information content (AvgIpc) is 2.69. The monoisotopic (exact) mass is 216 g/mol. The number of aryl methyl sites for hydroxylation is 1. The average molecular weight is 216 g/mol. The molecule has 2 heterocycles. The minimum absolute atomic E-state index is 0.938. The van der Waals surface area contributed by atoms with Crippen molar-refractivity contribution in [1.82, 2.24) is 19.9 Å². The van der Waals surface area contributed by atoms with Crippen LogP contribution in [0.5, 0.6) is 0 Å². The maximum absolute atomic E-state index is 4.60. The largest absolute Gasteiger partial charge is 0.337 e. The van der Waals surface area contributed by atoms with Gasteiger partial charge in [0.2, 0.25) is 0 Å². The van der Waals surface area contributed by atoms with Crippen molar-refractivity contribution < 1.29 is 0 Å². The first-order valence-corrected chi connectivity index (χ1v) is 5.38. The fourth-order valence-electron chi connectivity index (χ4n) is 1.63. The molecule has 0 amide bonds. The van der Waals surface area contributed by atoms with Gasteiger partial charge >= 0.3 is 0 Å². The predicted molar refractivity (Wildman–Crippen MR) is 64.1 cm³/mol. The molecule has 0 fully saturated rings. The molecule has 0 aliphatic carbocycles. The molecule has 0 atom stereocenters. The summed E-state index contributed by atoms with van der Waals surface area (Å²) in [7, 11) is 3.98. The van der Waals surface area contributed by atoms with Crippen molar-refractivity contribution in [3.63, 3.8) is 0 Å². The van der Waals surface area contributed by atoms with E-state index in [2.05, 4.69) is 19.9 Å². The highest BCUT2D eigenvalue weighted by Crippen LogP contribution is 2.16. The number of rotatable bonds is 4. The van der Waals surface area contributed by atoms with Crippen LogP contribution in [0.15, 0.2) is 30.7 Å². The molecule has 0 aliphatic rings. The van der Waals surface area contributed by atoms with Crippen molar-refractivity contribution in [3.05, 3.63) is 36.5 Å². The third-order valence-electron chi connectivity index (χ3n) is 2.53. The van der Waals surface area contributed by atoms with Gasteiger partial charge in [-0.3, -0.25) is 4.98 Å². The topological polar surface area (TPSA) is 42.7 Å². The Labute approximate surface area is 95.4 Å². The summed E-state index contributed by atoms with van der Waals surface area (Å²) in [4.78, 5) is 8.70. The summed E-state index contributed by atoms with van der Waals surface area (Å²) in [5, 5.41) is 3.13. The van der Waals surface area contributed by atoms with Crippen LogP contribution in [0.3, 0.4) is 0 Å². The van der Waals surface area contributed by atoms with Gasteiger partial charge in [0.1, 0.15) is 5.82 Å². The normalized spacial score (nSPS) is 10.6. The minimum atomic E-state index is 0.938. The first kappa shape index (κ1) is 10.8. The zero-order chi connectivity index (χ0) is 11.4. The Morgan fingerprint density at radius 2 is 2.31 bits per heavy atom. The molecule has 0 saturated heterocycles. The Kier molecular flexibility index (Phi) is 3.31. The van der Waals surface area contributed by atoms with Gasteiger partial charge in [0.05, 0.1) is 5.69 Å². The molecule has 4 heteroatoms. The summed E-state index contributed by atoms with van der Waals surface area (Å²) in [6.07, 6.45) is 6.59. The van der Waals surface area contributed by atoms with Crippen molar-refractivity contribution >= 4 is 0 Å². The Bertz CT molecular complexity index is 447.